The average molecular weight is 244 g/mol. The third kappa shape index (κ3) is 12.2. The second-order valence-electron chi connectivity index (χ2n) is 5.01. The van der Waals surface area contributed by atoms with Crippen molar-refractivity contribution >= 4 is 0 Å². The van der Waals surface area contributed by atoms with Gasteiger partial charge in [0, 0.05) is 6.61 Å². The fourth-order valence-corrected chi connectivity index (χ4v) is 2.15. The van der Waals surface area contributed by atoms with Crippen molar-refractivity contribution in [1.82, 2.24) is 0 Å². The van der Waals surface area contributed by atoms with Gasteiger partial charge in [-0.05, 0) is 18.8 Å². The number of ether oxygens (including phenoxy) is 1. The molecule has 0 amide bonds. The summed E-state index contributed by atoms with van der Waals surface area (Å²) in [5, 5.41) is 8.70. The molecule has 0 saturated carbocycles. The quantitative estimate of drug-likeness (QED) is 0.493. The Bertz CT molecular complexity index is 137. The summed E-state index contributed by atoms with van der Waals surface area (Å²) in [6, 6.07) is 0. The van der Waals surface area contributed by atoms with Crippen LogP contribution < -0.4 is 0 Å². The van der Waals surface area contributed by atoms with Gasteiger partial charge in [-0.1, -0.05) is 58.8 Å². The molecule has 0 aromatic heterocycles. The molecule has 0 aliphatic heterocycles. The van der Waals surface area contributed by atoms with Crippen LogP contribution in [0.1, 0.15) is 71.6 Å². The summed E-state index contributed by atoms with van der Waals surface area (Å²) in [5.74, 6) is 0.711. The molecule has 0 heterocycles. The number of aliphatic hydroxyl groups is 1. The Labute approximate surface area is 108 Å². The van der Waals surface area contributed by atoms with E-state index in [2.05, 4.69) is 13.8 Å². The summed E-state index contributed by atoms with van der Waals surface area (Å²) < 4.78 is 5.47. The largest absolute Gasteiger partial charge is 0.394 e. The SMILES string of the molecule is CCCCCCCC(CCCC)COCCO. The topological polar surface area (TPSA) is 29.5 Å². The maximum Gasteiger partial charge on any atom is 0.0697 e. The van der Waals surface area contributed by atoms with Crippen LogP contribution in [0.25, 0.3) is 0 Å². The lowest BCUT2D eigenvalue weighted by atomic mass is 9.96. The average Bonchev–Trinajstić information content (AvgIpc) is 2.35. The lowest BCUT2D eigenvalue weighted by Gasteiger charge is -2.16. The monoisotopic (exact) mass is 244 g/mol. The number of hydrogen-bond acceptors (Lipinski definition) is 2. The summed E-state index contributed by atoms with van der Waals surface area (Å²) in [4.78, 5) is 0. The molecule has 1 atom stereocenters. The van der Waals surface area contributed by atoms with E-state index in [1.165, 1.54) is 57.8 Å². The minimum Gasteiger partial charge on any atom is -0.394 e. The summed E-state index contributed by atoms with van der Waals surface area (Å²) in [5.41, 5.74) is 0. The van der Waals surface area contributed by atoms with Crippen molar-refractivity contribution in [3.05, 3.63) is 0 Å². The van der Waals surface area contributed by atoms with Crippen molar-refractivity contribution in [3.8, 4) is 0 Å². The zero-order valence-corrected chi connectivity index (χ0v) is 11.9. The molecule has 0 radical (unpaired) electrons. The highest BCUT2D eigenvalue weighted by Crippen LogP contribution is 2.18. The van der Waals surface area contributed by atoms with Gasteiger partial charge in [-0.3, -0.25) is 0 Å². The first-order valence-electron chi connectivity index (χ1n) is 7.53. The van der Waals surface area contributed by atoms with Crippen LogP contribution in [-0.4, -0.2) is 24.9 Å². The van der Waals surface area contributed by atoms with Gasteiger partial charge in [0.2, 0.25) is 0 Å². The van der Waals surface area contributed by atoms with Crippen LogP contribution in [0.2, 0.25) is 0 Å². The number of unbranched alkanes of at least 4 members (excludes halogenated alkanes) is 5. The Hall–Kier alpha value is -0.0800. The van der Waals surface area contributed by atoms with E-state index in [9.17, 15) is 0 Å². The molecule has 0 aliphatic carbocycles. The normalized spacial score (nSPS) is 12.9. The van der Waals surface area contributed by atoms with E-state index in [1.807, 2.05) is 0 Å². The number of rotatable bonds is 13. The van der Waals surface area contributed by atoms with Gasteiger partial charge < -0.3 is 9.84 Å². The minimum absolute atomic E-state index is 0.150. The van der Waals surface area contributed by atoms with E-state index >= 15 is 0 Å². The molecule has 0 spiro atoms. The van der Waals surface area contributed by atoms with Gasteiger partial charge in [0.1, 0.15) is 0 Å². The molecule has 0 aliphatic rings. The third-order valence-electron chi connectivity index (χ3n) is 3.27. The predicted octanol–water partition coefficient (Wildman–Crippen LogP) is 4.16. The number of aliphatic hydroxyl groups excluding tert-OH is 1. The molecule has 2 nitrogen and oxygen atoms in total. The molecule has 104 valence electrons. The molecule has 2 heteroatoms. The standard InChI is InChI=1S/C15H32O2/c1-3-5-7-8-9-11-15(10-6-4-2)14-17-13-12-16/h15-16H,3-14H2,1-2H3. The van der Waals surface area contributed by atoms with Crippen molar-refractivity contribution in [2.24, 2.45) is 5.92 Å². The van der Waals surface area contributed by atoms with E-state index < -0.39 is 0 Å². The Morgan fingerprint density at radius 3 is 2.18 bits per heavy atom. The van der Waals surface area contributed by atoms with Crippen molar-refractivity contribution in [3.63, 3.8) is 0 Å². The van der Waals surface area contributed by atoms with Gasteiger partial charge in [-0.2, -0.15) is 0 Å². The highest BCUT2D eigenvalue weighted by atomic mass is 16.5. The van der Waals surface area contributed by atoms with Gasteiger partial charge in [-0.25, -0.2) is 0 Å². The van der Waals surface area contributed by atoms with Gasteiger partial charge in [0.05, 0.1) is 13.2 Å². The maximum absolute atomic E-state index is 8.70. The fraction of sp³-hybridized carbons (Fsp3) is 1.00. The Balaban J connectivity index is 3.53. The van der Waals surface area contributed by atoms with Gasteiger partial charge in [0.25, 0.3) is 0 Å². The molecule has 0 bridgehead atoms. The minimum atomic E-state index is 0.150. The van der Waals surface area contributed by atoms with Crippen LogP contribution in [-0.2, 0) is 4.74 Å². The predicted molar refractivity (Wildman–Crippen MR) is 74.3 cm³/mol. The summed E-state index contributed by atoms with van der Waals surface area (Å²) >= 11 is 0. The van der Waals surface area contributed by atoms with Crippen LogP contribution in [0.15, 0.2) is 0 Å². The van der Waals surface area contributed by atoms with E-state index in [0.29, 0.717) is 12.5 Å². The summed E-state index contributed by atoms with van der Waals surface area (Å²) in [6.45, 7) is 5.99. The van der Waals surface area contributed by atoms with Crippen LogP contribution in [0.5, 0.6) is 0 Å². The molecular weight excluding hydrogens is 212 g/mol. The Morgan fingerprint density at radius 1 is 0.882 bits per heavy atom. The van der Waals surface area contributed by atoms with Gasteiger partial charge in [-0.15, -0.1) is 0 Å². The lowest BCUT2D eigenvalue weighted by molar-refractivity contribution is 0.0621. The van der Waals surface area contributed by atoms with E-state index in [0.717, 1.165) is 6.61 Å². The van der Waals surface area contributed by atoms with E-state index in [1.54, 1.807) is 0 Å². The maximum atomic E-state index is 8.70. The first kappa shape index (κ1) is 16.9. The smallest absolute Gasteiger partial charge is 0.0697 e. The molecular formula is C15H32O2. The van der Waals surface area contributed by atoms with Crippen LogP contribution in [0.3, 0.4) is 0 Å². The second kappa shape index (κ2) is 14.0. The van der Waals surface area contributed by atoms with E-state index in [4.69, 9.17) is 9.84 Å². The fourth-order valence-electron chi connectivity index (χ4n) is 2.15. The first-order valence-corrected chi connectivity index (χ1v) is 7.53. The zero-order valence-electron chi connectivity index (χ0n) is 11.9. The zero-order chi connectivity index (χ0) is 12.8. The molecule has 0 rings (SSSR count). The van der Waals surface area contributed by atoms with Crippen LogP contribution >= 0.6 is 0 Å². The summed E-state index contributed by atoms with van der Waals surface area (Å²) in [6.07, 6.45) is 12.0. The summed E-state index contributed by atoms with van der Waals surface area (Å²) in [7, 11) is 0. The molecule has 0 saturated heterocycles. The first-order chi connectivity index (χ1) is 8.35. The molecule has 1 N–H and O–H groups in total. The van der Waals surface area contributed by atoms with E-state index in [-0.39, 0.29) is 6.61 Å². The van der Waals surface area contributed by atoms with Crippen molar-refractivity contribution < 1.29 is 9.84 Å². The van der Waals surface area contributed by atoms with Crippen LogP contribution in [0, 0.1) is 5.92 Å². The highest BCUT2D eigenvalue weighted by molar-refractivity contribution is 4.59. The van der Waals surface area contributed by atoms with Gasteiger partial charge >= 0.3 is 0 Å². The van der Waals surface area contributed by atoms with Crippen molar-refractivity contribution in [2.75, 3.05) is 19.8 Å². The Kier molecular flexibility index (Phi) is 13.9. The van der Waals surface area contributed by atoms with Crippen molar-refractivity contribution in [2.45, 2.75) is 71.6 Å². The molecule has 0 aromatic rings. The second-order valence-corrected chi connectivity index (χ2v) is 5.01. The number of hydrogen-bond donors (Lipinski definition) is 1. The van der Waals surface area contributed by atoms with Gasteiger partial charge in [0.15, 0.2) is 0 Å². The van der Waals surface area contributed by atoms with Crippen LogP contribution in [0.4, 0.5) is 0 Å². The Morgan fingerprint density at radius 2 is 1.53 bits per heavy atom. The molecule has 1 unspecified atom stereocenters. The third-order valence-corrected chi connectivity index (χ3v) is 3.27. The highest BCUT2D eigenvalue weighted by Gasteiger charge is 2.08. The van der Waals surface area contributed by atoms with Crippen molar-refractivity contribution in [1.29, 1.82) is 0 Å². The molecule has 0 fully saturated rings. The molecule has 17 heavy (non-hydrogen) atoms. The molecule has 0 aromatic carbocycles. The lowest BCUT2D eigenvalue weighted by Crippen LogP contribution is -2.12.